The minimum absolute atomic E-state index is 0.309. The summed E-state index contributed by atoms with van der Waals surface area (Å²) < 4.78 is 0. The maximum absolute atomic E-state index is 10.6. The van der Waals surface area contributed by atoms with E-state index in [0.29, 0.717) is 0 Å². The van der Waals surface area contributed by atoms with E-state index in [2.05, 4.69) is 6.92 Å². The van der Waals surface area contributed by atoms with E-state index in [4.69, 9.17) is 11.6 Å². The van der Waals surface area contributed by atoms with Gasteiger partial charge in [0.2, 0.25) is 5.24 Å². The van der Waals surface area contributed by atoms with Crippen LogP contribution in [0.1, 0.15) is 33.1 Å². The number of halogens is 1. The predicted octanol–water partition coefficient (Wildman–Crippen LogP) is 2.89. The van der Waals surface area contributed by atoms with Gasteiger partial charge in [-0.2, -0.15) is 0 Å². The molecular formula is C8H13ClO. The van der Waals surface area contributed by atoms with E-state index in [-0.39, 0.29) is 5.24 Å². The first-order chi connectivity index (χ1) is 4.72. The van der Waals surface area contributed by atoms with Crippen molar-refractivity contribution in [2.45, 2.75) is 33.1 Å². The minimum Gasteiger partial charge on any atom is -0.276 e. The molecule has 0 aliphatic rings. The molecule has 0 amide bonds. The molecule has 0 heterocycles. The summed E-state index contributed by atoms with van der Waals surface area (Å²) in [5.74, 6) is 0. The maximum Gasteiger partial charge on any atom is 0.248 e. The topological polar surface area (TPSA) is 17.1 Å². The van der Waals surface area contributed by atoms with Crippen LogP contribution in [0.5, 0.6) is 0 Å². The van der Waals surface area contributed by atoms with Crippen molar-refractivity contribution in [2.75, 3.05) is 0 Å². The van der Waals surface area contributed by atoms with Gasteiger partial charge >= 0.3 is 0 Å². The Balaban J connectivity index is 3.91. The van der Waals surface area contributed by atoms with Gasteiger partial charge in [-0.05, 0) is 24.4 Å². The number of hydrogen-bond acceptors (Lipinski definition) is 1. The molecule has 0 atom stereocenters. The second-order valence-corrected chi connectivity index (χ2v) is 2.49. The molecule has 0 rings (SSSR count). The third-order valence-corrected chi connectivity index (χ3v) is 1.56. The van der Waals surface area contributed by atoms with Gasteiger partial charge in [0, 0.05) is 5.57 Å². The number of carbonyl (C=O) groups excluding carboxylic acids is 1. The van der Waals surface area contributed by atoms with E-state index >= 15 is 0 Å². The second-order valence-electron chi connectivity index (χ2n) is 2.15. The predicted molar refractivity (Wildman–Crippen MR) is 44.1 cm³/mol. The molecule has 0 saturated carbocycles. The summed E-state index contributed by atoms with van der Waals surface area (Å²) in [5.41, 5.74) is 0.739. The van der Waals surface area contributed by atoms with Gasteiger partial charge in [0.25, 0.3) is 0 Å². The average Bonchev–Trinajstić information content (AvgIpc) is 1.89. The fraction of sp³-hybridized carbons (Fsp3) is 0.625. The first-order valence-corrected chi connectivity index (χ1v) is 3.99. The Bertz CT molecular complexity index is 138. The molecule has 0 aromatic rings. The van der Waals surface area contributed by atoms with Crippen molar-refractivity contribution in [1.29, 1.82) is 0 Å². The fourth-order valence-electron chi connectivity index (χ4n) is 0.682. The van der Waals surface area contributed by atoms with E-state index in [9.17, 15) is 4.79 Å². The zero-order chi connectivity index (χ0) is 7.98. The fourth-order valence-corrected chi connectivity index (χ4v) is 0.893. The molecule has 58 valence electrons. The lowest BCUT2D eigenvalue weighted by Crippen LogP contribution is -1.90. The molecule has 0 fully saturated rings. The highest BCUT2D eigenvalue weighted by Crippen LogP contribution is 2.07. The van der Waals surface area contributed by atoms with Crippen molar-refractivity contribution in [3.8, 4) is 0 Å². The monoisotopic (exact) mass is 160 g/mol. The van der Waals surface area contributed by atoms with Crippen LogP contribution in [0.3, 0.4) is 0 Å². The minimum atomic E-state index is -0.309. The van der Waals surface area contributed by atoms with Crippen LogP contribution in [0, 0.1) is 0 Å². The van der Waals surface area contributed by atoms with Crippen molar-refractivity contribution in [3.63, 3.8) is 0 Å². The summed E-state index contributed by atoms with van der Waals surface area (Å²) in [4.78, 5) is 10.6. The Morgan fingerprint density at radius 1 is 1.50 bits per heavy atom. The molecule has 0 saturated heterocycles. The van der Waals surface area contributed by atoms with E-state index in [1.807, 2.05) is 13.0 Å². The van der Waals surface area contributed by atoms with Crippen LogP contribution in [0.4, 0.5) is 0 Å². The highest BCUT2D eigenvalue weighted by Gasteiger charge is 2.00. The highest BCUT2D eigenvalue weighted by molar-refractivity contribution is 6.67. The standard InChI is InChI=1S/C8H13ClO/c1-3-5-6-7(4-2)8(9)10/h6H,3-5H2,1-2H3/b7-6+. The van der Waals surface area contributed by atoms with Gasteiger partial charge < -0.3 is 0 Å². The summed E-state index contributed by atoms with van der Waals surface area (Å²) in [6.45, 7) is 4.00. The van der Waals surface area contributed by atoms with Gasteiger partial charge in [0.15, 0.2) is 0 Å². The zero-order valence-electron chi connectivity index (χ0n) is 6.48. The molecule has 0 aliphatic carbocycles. The Labute approximate surface area is 67.1 Å². The van der Waals surface area contributed by atoms with Crippen molar-refractivity contribution in [3.05, 3.63) is 11.6 Å². The second kappa shape index (κ2) is 5.48. The molecule has 0 N–H and O–H groups in total. The first-order valence-electron chi connectivity index (χ1n) is 3.61. The third-order valence-electron chi connectivity index (χ3n) is 1.31. The van der Waals surface area contributed by atoms with Gasteiger partial charge in [0.05, 0.1) is 0 Å². The van der Waals surface area contributed by atoms with E-state index < -0.39 is 0 Å². The van der Waals surface area contributed by atoms with Crippen LogP contribution in [0.25, 0.3) is 0 Å². The molecule has 1 nitrogen and oxygen atoms in total. The molecule has 0 spiro atoms. The van der Waals surface area contributed by atoms with Crippen molar-refractivity contribution in [2.24, 2.45) is 0 Å². The normalized spacial score (nSPS) is 11.7. The zero-order valence-corrected chi connectivity index (χ0v) is 7.24. The van der Waals surface area contributed by atoms with Crippen LogP contribution >= 0.6 is 11.6 Å². The van der Waals surface area contributed by atoms with Gasteiger partial charge in [0.1, 0.15) is 0 Å². The summed E-state index contributed by atoms with van der Waals surface area (Å²) in [7, 11) is 0. The quantitative estimate of drug-likeness (QED) is 0.457. The smallest absolute Gasteiger partial charge is 0.248 e. The number of hydrogen-bond donors (Lipinski definition) is 0. The van der Waals surface area contributed by atoms with Crippen molar-refractivity contribution < 1.29 is 4.79 Å². The van der Waals surface area contributed by atoms with Crippen LogP contribution in [-0.4, -0.2) is 5.24 Å². The molecule has 0 aromatic heterocycles. The summed E-state index contributed by atoms with van der Waals surface area (Å²) in [6.07, 6.45) is 4.66. The van der Waals surface area contributed by atoms with Gasteiger partial charge in [-0.15, -0.1) is 0 Å². The Hall–Kier alpha value is -0.300. The summed E-state index contributed by atoms with van der Waals surface area (Å²) >= 11 is 5.27. The average molecular weight is 161 g/mol. The number of allylic oxidation sites excluding steroid dienone is 2. The molecule has 0 bridgehead atoms. The summed E-state index contributed by atoms with van der Waals surface area (Å²) in [6, 6.07) is 0. The molecule has 10 heavy (non-hydrogen) atoms. The van der Waals surface area contributed by atoms with E-state index in [1.165, 1.54) is 0 Å². The number of rotatable bonds is 4. The molecule has 0 unspecified atom stereocenters. The van der Waals surface area contributed by atoms with Crippen molar-refractivity contribution in [1.82, 2.24) is 0 Å². The largest absolute Gasteiger partial charge is 0.276 e. The van der Waals surface area contributed by atoms with Crippen LogP contribution in [0.15, 0.2) is 11.6 Å². The lowest BCUT2D eigenvalue weighted by molar-refractivity contribution is -0.108. The van der Waals surface area contributed by atoms with Crippen LogP contribution < -0.4 is 0 Å². The first kappa shape index (κ1) is 9.70. The lowest BCUT2D eigenvalue weighted by atomic mass is 10.2. The number of unbranched alkanes of at least 4 members (excludes halogenated alkanes) is 1. The number of carbonyl (C=O) groups is 1. The molecule has 0 aliphatic heterocycles. The van der Waals surface area contributed by atoms with Crippen molar-refractivity contribution >= 4 is 16.8 Å². The van der Waals surface area contributed by atoms with Gasteiger partial charge in [-0.3, -0.25) is 4.79 Å². The molecule has 2 heteroatoms. The lowest BCUT2D eigenvalue weighted by Gasteiger charge is -1.94. The van der Waals surface area contributed by atoms with E-state index in [0.717, 1.165) is 24.8 Å². The summed E-state index contributed by atoms with van der Waals surface area (Å²) in [5, 5.41) is -0.309. The van der Waals surface area contributed by atoms with Crippen LogP contribution in [0.2, 0.25) is 0 Å². The Morgan fingerprint density at radius 3 is 2.40 bits per heavy atom. The third kappa shape index (κ3) is 3.67. The Morgan fingerprint density at radius 2 is 2.10 bits per heavy atom. The van der Waals surface area contributed by atoms with Gasteiger partial charge in [-0.1, -0.05) is 26.3 Å². The molecule has 0 radical (unpaired) electrons. The van der Waals surface area contributed by atoms with Gasteiger partial charge in [-0.25, -0.2) is 0 Å². The maximum atomic E-state index is 10.6. The molecule has 0 aromatic carbocycles. The Kier molecular flexibility index (Phi) is 5.32. The van der Waals surface area contributed by atoms with Crippen LogP contribution in [-0.2, 0) is 4.79 Å². The van der Waals surface area contributed by atoms with E-state index in [1.54, 1.807) is 0 Å². The highest BCUT2D eigenvalue weighted by atomic mass is 35.5. The molecular weight excluding hydrogens is 148 g/mol. The SMILES string of the molecule is CCC/C=C(\CC)C(=O)Cl.